The van der Waals surface area contributed by atoms with E-state index < -0.39 is 0 Å². The fraction of sp³-hybridized carbons (Fsp3) is 0.476. The minimum Gasteiger partial charge on any atom is -0.381 e. The van der Waals surface area contributed by atoms with Crippen molar-refractivity contribution in [2.75, 3.05) is 31.6 Å². The maximum absolute atomic E-state index is 11.2. The summed E-state index contributed by atoms with van der Waals surface area (Å²) in [6.07, 6.45) is 3.93. The van der Waals surface area contributed by atoms with E-state index in [1.165, 1.54) is 6.42 Å². The molecule has 0 spiro atoms. The number of ether oxygens (including phenoxy) is 1. The summed E-state index contributed by atoms with van der Waals surface area (Å²) in [6, 6.07) is 8.15. The van der Waals surface area contributed by atoms with Crippen LogP contribution in [0.25, 0.3) is 11.3 Å². The first-order valence-electron chi connectivity index (χ1n) is 9.69. The van der Waals surface area contributed by atoms with Gasteiger partial charge in [-0.25, -0.2) is 0 Å². The number of aldehydes is 1. The van der Waals surface area contributed by atoms with E-state index in [2.05, 4.69) is 26.9 Å². The fourth-order valence-corrected chi connectivity index (χ4v) is 3.46. The zero-order valence-electron chi connectivity index (χ0n) is 16.1. The van der Waals surface area contributed by atoms with Crippen LogP contribution >= 0.6 is 0 Å². The molecule has 0 bridgehead atoms. The number of carbonyl (C=O) groups is 1. The standard InChI is InChI=1S/C21H28N4O2/c1-3-27-10-8-17-12-16(14-26)6-7-19(17)21-15(2)11-20(24-25-21)23-18-5-4-9-22-13-18/h6-7,11-12,14,18,22H,3-5,8-10,13H2,1-2H3,(H,23,24)/t18-/m1/s1. The molecule has 1 aromatic carbocycles. The topological polar surface area (TPSA) is 76.1 Å². The quantitative estimate of drug-likeness (QED) is 0.551. The molecular weight excluding hydrogens is 340 g/mol. The highest BCUT2D eigenvalue weighted by molar-refractivity contribution is 5.78. The molecular formula is C21H28N4O2. The molecule has 1 aromatic heterocycles. The van der Waals surface area contributed by atoms with Gasteiger partial charge in [0.15, 0.2) is 0 Å². The second-order valence-electron chi connectivity index (χ2n) is 6.93. The van der Waals surface area contributed by atoms with Crippen LogP contribution in [0.1, 0.15) is 41.3 Å². The number of piperidine rings is 1. The van der Waals surface area contributed by atoms with Crippen LogP contribution in [0, 0.1) is 6.92 Å². The SMILES string of the molecule is CCOCCc1cc(C=O)ccc1-c1nnc(N[C@@H]2CCCNC2)cc1C. The number of benzene rings is 1. The predicted octanol–water partition coefficient (Wildman–Crippen LogP) is 3.01. The highest BCUT2D eigenvalue weighted by atomic mass is 16.5. The van der Waals surface area contributed by atoms with E-state index in [9.17, 15) is 4.79 Å². The largest absolute Gasteiger partial charge is 0.381 e. The lowest BCUT2D eigenvalue weighted by Gasteiger charge is -2.24. The molecule has 0 amide bonds. The van der Waals surface area contributed by atoms with E-state index in [1.54, 1.807) is 0 Å². The van der Waals surface area contributed by atoms with Crippen LogP contribution in [0.5, 0.6) is 0 Å². The van der Waals surface area contributed by atoms with E-state index in [0.717, 1.165) is 60.4 Å². The number of aromatic nitrogens is 2. The number of aryl methyl sites for hydroxylation is 1. The molecule has 1 saturated heterocycles. The molecule has 1 atom stereocenters. The molecule has 3 rings (SSSR count). The Morgan fingerprint density at radius 1 is 1.33 bits per heavy atom. The van der Waals surface area contributed by atoms with Gasteiger partial charge in [0.2, 0.25) is 0 Å². The average molecular weight is 368 g/mol. The second kappa shape index (κ2) is 9.58. The van der Waals surface area contributed by atoms with Gasteiger partial charge in [-0.15, -0.1) is 10.2 Å². The Labute approximate surface area is 160 Å². The zero-order valence-corrected chi connectivity index (χ0v) is 16.1. The number of nitrogens with one attached hydrogen (secondary N) is 2. The number of hydrogen-bond donors (Lipinski definition) is 2. The van der Waals surface area contributed by atoms with Crippen molar-refractivity contribution in [2.24, 2.45) is 0 Å². The lowest BCUT2D eigenvalue weighted by atomic mass is 9.97. The van der Waals surface area contributed by atoms with Gasteiger partial charge in [-0.3, -0.25) is 4.79 Å². The summed E-state index contributed by atoms with van der Waals surface area (Å²) in [5, 5.41) is 15.8. The third-order valence-electron chi connectivity index (χ3n) is 4.87. The molecule has 0 saturated carbocycles. The molecule has 0 radical (unpaired) electrons. The third kappa shape index (κ3) is 5.11. The Hall–Kier alpha value is -2.31. The Morgan fingerprint density at radius 3 is 2.93 bits per heavy atom. The lowest BCUT2D eigenvalue weighted by Crippen LogP contribution is -2.38. The van der Waals surface area contributed by atoms with Crippen LogP contribution in [0.3, 0.4) is 0 Å². The Bertz CT molecular complexity index is 773. The maximum atomic E-state index is 11.2. The first kappa shape index (κ1) is 19.5. The minimum absolute atomic E-state index is 0.395. The van der Waals surface area contributed by atoms with Crippen molar-refractivity contribution in [3.8, 4) is 11.3 Å². The van der Waals surface area contributed by atoms with E-state index in [4.69, 9.17) is 4.74 Å². The summed E-state index contributed by atoms with van der Waals surface area (Å²) in [5.41, 5.74) is 4.65. The number of nitrogens with zero attached hydrogens (tertiary/aromatic N) is 2. The molecule has 1 aliphatic heterocycles. The molecule has 6 nitrogen and oxygen atoms in total. The molecule has 1 fully saturated rings. The van der Waals surface area contributed by atoms with Crippen molar-refractivity contribution in [3.63, 3.8) is 0 Å². The fourth-order valence-electron chi connectivity index (χ4n) is 3.46. The molecule has 6 heteroatoms. The smallest absolute Gasteiger partial charge is 0.150 e. The number of rotatable bonds is 8. The summed E-state index contributed by atoms with van der Waals surface area (Å²) in [7, 11) is 0. The monoisotopic (exact) mass is 368 g/mol. The average Bonchev–Trinajstić information content (AvgIpc) is 2.69. The Balaban J connectivity index is 1.83. The van der Waals surface area contributed by atoms with Gasteiger partial charge in [0.25, 0.3) is 0 Å². The predicted molar refractivity (Wildman–Crippen MR) is 107 cm³/mol. The highest BCUT2D eigenvalue weighted by Crippen LogP contribution is 2.27. The van der Waals surface area contributed by atoms with Gasteiger partial charge in [-0.2, -0.15) is 0 Å². The lowest BCUT2D eigenvalue weighted by molar-refractivity contribution is 0.112. The van der Waals surface area contributed by atoms with Crippen molar-refractivity contribution in [2.45, 2.75) is 39.2 Å². The summed E-state index contributed by atoms with van der Waals surface area (Å²) in [4.78, 5) is 11.2. The first-order valence-corrected chi connectivity index (χ1v) is 9.69. The van der Waals surface area contributed by atoms with Gasteiger partial charge < -0.3 is 15.4 Å². The van der Waals surface area contributed by atoms with Crippen LogP contribution in [0.15, 0.2) is 24.3 Å². The molecule has 0 unspecified atom stereocenters. The van der Waals surface area contributed by atoms with Crippen LogP contribution in [0.4, 0.5) is 5.82 Å². The Morgan fingerprint density at radius 2 is 2.22 bits per heavy atom. The normalized spacial score (nSPS) is 16.9. The van der Waals surface area contributed by atoms with E-state index in [0.29, 0.717) is 24.8 Å². The summed E-state index contributed by atoms with van der Waals surface area (Å²) < 4.78 is 5.50. The molecule has 1 aliphatic rings. The Kier molecular flexibility index (Phi) is 6.90. The first-order chi connectivity index (χ1) is 13.2. The highest BCUT2D eigenvalue weighted by Gasteiger charge is 2.15. The van der Waals surface area contributed by atoms with Crippen molar-refractivity contribution >= 4 is 12.1 Å². The summed E-state index contributed by atoms with van der Waals surface area (Å²) >= 11 is 0. The van der Waals surface area contributed by atoms with Gasteiger partial charge >= 0.3 is 0 Å². The molecule has 2 aromatic rings. The molecule has 27 heavy (non-hydrogen) atoms. The van der Waals surface area contributed by atoms with Crippen molar-refractivity contribution in [3.05, 3.63) is 41.0 Å². The number of carbonyl (C=O) groups excluding carboxylic acids is 1. The van der Waals surface area contributed by atoms with Crippen LogP contribution < -0.4 is 10.6 Å². The van der Waals surface area contributed by atoms with Crippen LogP contribution in [0.2, 0.25) is 0 Å². The maximum Gasteiger partial charge on any atom is 0.150 e. The van der Waals surface area contributed by atoms with Crippen molar-refractivity contribution in [1.82, 2.24) is 15.5 Å². The number of anilines is 1. The van der Waals surface area contributed by atoms with Gasteiger partial charge in [-0.05, 0) is 62.9 Å². The number of hydrogen-bond acceptors (Lipinski definition) is 6. The van der Waals surface area contributed by atoms with Crippen molar-refractivity contribution in [1.29, 1.82) is 0 Å². The van der Waals surface area contributed by atoms with Gasteiger partial charge in [0, 0.05) is 30.3 Å². The van der Waals surface area contributed by atoms with Crippen LogP contribution in [-0.4, -0.2) is 48.8 Å². The molecule has 2 heterocycles. The van der Waals surface area contributed by atoms with Gasteiger partial charge in [0.1, 0.15) is 12.1 Å². The molecule has 0 aliphatic carbocycles. The molecule has 2 N–H and O–H groups in total. The zero-order chi connectivity index (χ0) is 19.1. The van der Waals surface area contributed by atoms with Crippen LogP contribution in [-0.2, 0) is 11.2 Å². The van der Waals surface area contributed by atoms with E-state index in [1.807, 2.05) is 32.0 Å². The summed E-state index contributed by atoms with van der Waals surface area (Å²) in [5.74, 6) is 0.810. The third-order valence-corrected chi connectivity index (χ3v) is 4.87. The van der Waals surface area contributed by atoms with Crippen molar-refractivity contribution < 1.29 is 9.53 Å². The second-order valence-corrected chi connectivity index (χ2v) is 6.93. The van der Waals surface area contributed by atoms with Gasteiger partial charge in [0.05, 0.1) is 12.3 Å². The van der Waals surface area contributed by atoms with Gasteiger partial charge in [-0.1, -0.05) is 12.1 Å². The minimum atomic E-state index is 0.395. The summed E-state index contributed by atoms with van der Waals surface area (Å²) in [6.45, 7) is 7.37. The van der Waals surface area contributed by atoms with E-state index >= 15 is 0 Å². The molecule has 144 valence electrons. The van der Waals surface area contributed by atoms with E-state index in [-0.39, 0.29) is 0 Å².